The van der Waals surface area contributed by atoms with Crippen molar-refractivity contribution in [1.29, 1.82) is 0 Å². The van der Waals surface area contributed by atoms with E-state index in [9.17, 15) is 18.0 Å². The van der Waals surface area contributed by atoms with Gasteiger partial charge in [0.05, 0.1) is 16.0 Å². The number of esters is 2. The summed E-state index contributed by atoms with van der Waals surface area (Å²) in [5, 5.41) is 34.5. The van der Waals surface area contributed by atoms with Crippen molar-refractivity contribution in [2.75, 3.05) is 13.2 Å². The molecule has 0 bridgehead atoms. The maximum atomic E-state index is 11.7. The molecule has 5 N–H and O–H groups in total. The van der Waals surface area contributed by atoms with Crippen molar-refractivity contribution in [3.05, 3.63) is 29.3 Å². The van der Waals surface area contributed by atoms with Crippen LogP contribution in [0.2, 0.25) is 0 Å². The van der Waals surface area contributed by atoms with Gasteiger partial charge in [0.1, 0.15) is 13.2 Å². The zero-order chi connectivity index (χ0) is 18.5. The van der Waals surface area contributed by atoms with Crippen LogP contribution in [0, 0.1) is 0 Å². The summed E-state index contributed by atoms with van der Waals surface area (Å²) in [5.41, 5.74) is -0.996. The molecule has 1 aromatic carbocycles. The molecule has 13 heteroatoms. The number of carbonyl (C=O) groups is 2. The van der Waals surface area contributed by atoms with Crippen molar-refractivity contribution in [1.82, 2.24) is 0 Å². The molecule has 0 saturated carbocycles. The van der Waals surface area contributed by atoms with E-state index in [-0.39, 0.29) is 31.0 Å². The predicted molar refractivity (Wildman–Crippen MR) is 74.4 cm³/mol. The molecule has 0 aliphatic carbocycles. The Morgan fingerprint density at radius 3 is 1.56 bits per heavy atom. The molecular weight excluding hydrogens is 375 g/mol. The summed E-state index contributed by atoms with van der Waals surface area (Å²) >= 11 is 0. The summed E-state index contributed by atoms with van der Waals surface area (Å²) in [5.74, 6) is -2.41. The van der Waals surface area contributed by atoms with Crippen LogP contribution in [-0.4, -0.2) is 71.1 Å². The Balaban J connectivity index is 0. The van der Waals surface area contributed by atoms with E-state index in [1.807, 2.05) is 0 Å². The SMILES string of the molecule is O=C(OCC(O)O)c1cc(C(=O)OCC(O)O)cc(S(=O)(=O)O)c1.[H-].[Na+]. The Hall–Kier alpha value is -1.09. The molecule has 0 aliphatic heterocycles. The van der Waals surface area contributed by atoms with E-state index in [2.05, 4.69) is 9.47 Å². The standard InChI is InChI=1S/C12H14O11S.Na.H/c13-9(14)4-22-11(17)6-1-7(12(18)23-5-10(15)16)3-8(2-6)24(19,20)21;;/h1-3,9-10,13-16H,4-5H2,(H,19,20,21);;/q;+1;-1. The average Bonchev–Trinajstić information content (AvgIpc) is 2.48. The fraction of sp³-hybridized carbons (Fsp3) is 0.333. The first-order chi connectivity index (χ1) is 11.0. The molecule has 0 atom stereocenters. The van der Waals surface area contributed by atoms with Crippen molar-refractivity contribution in [3.63, 3.8) is 0 Å². The van der Waals surface area contributed by atoms with Gasteiger partial charge in [-0.05, 0) is 18.2 Å². The van der Waals surface area contributed by atoms with Gasteiger partial charge in [-0.1, -0.05) is 0 Å². The van der Waals surface area contributed by atoms with Crippen LogP contribution in [0.25, 0.3) is 0 Å². The molecule has 0 fully saturated rings. The number of rotatable bonds is 7. The van der Waals surface area contributed by atoms with Crippen LogP contribution in [-0.2, 0) is 19.6 Å². The van der Waals surface area contributed by atoms with Crippen LogP contribution in [0.1, 0.15) is 22.1 Å². The summed E-state index contributed by atoms with van der Waals surface area (Å²) in [6, 6.07) is 2.24. The first-order valence-corrected chi connectivity index (χ1v) is 7.64. The van der Waals surface area contributed by atoms with Crippen molar-refractivity contribution >= 4 is 22.1 Å². The van der Waals surface area contributed by atoms with Crippen molar-refractivity contribution < 1.29 is 83.4 Å². The molecule has 11 nitrogen and oxygen atoms in total. The molecule has 0 unspecified atom stereocenters. The van der Waals surface area contributed by atoms with Gasteiger partial charge in [-0.25, -0.2) is 9.59 Å². The predicted octanol–water partition coefficient (Wildman–Crippen LogP) is -5.02. The van der Waals surface area contributed by atoms with Gasteiger partial charge in [-0.2, -0.15) is 8.42 Å². The average molecular weight is 390 g/mol. The molecule has 136 valence electrons. The van der Waals surface area contributed by atoms with Gasteiger partial charge in [0.2, 0.25) is 0 Å². The summed E-state index contributed by atoms with van der Waals surface area (Å²) in [4.78, 5) is 22.6. The number of hydrogen-bond donors (Lipinski definition) is 5. The fourth-order valence-corrected chi connectivity index (χ4v) is 2.00. The minimum Gasteiger partial charge on any atom is -1.00 e. The molecule has 0 heterocycles. The van der Waals surface area contributed by atoms with Crippen LogP contribution in [0.3, 0.4) is 0 Å². The number of aliphatic hydroxyl groups is 4. The molecule has 0 amide bonds. The van der Waals surface area contributed by atoms with Crippen LogP contribution in [0.5, 0.6) is 0 Å². The van der Waals surface area contributed by atoms with E-state index in [1.54, 1.807) is 0 Å². The minimum atomic E-state index is -4.79. The number of benzene rings is 1. The molecule has 0 radical (unpaired) electrons. The summed E-state index contributed by atoms with van der Waals surface area (Å²) < 4.78 is 40.3. The van der Waals surface area contributed by atoms with E-state index in [1.165, 1.54) is 0 Å². The van der Waals surface area contributed by atoms with E-state index in [4.69, 9.17) is 25.0 Å². The molecule has 0 aromatic heterocycles. The van der Waals surface area contributed by atoms with Crippen molar-refractivity contribution in [2.24, 2.45) is 0 Å². The van der Waals surface area contributed by atoms with Crippen LogP contribution in [0.15, 0.2) is 23.1 Å². The second-order valence-electron chi connectivity index (χ2n) is 4.38. The molecule has 25 heavy (non-hydrogen) atoms. The first kappa shape index (κ1) is 23.9. The van der Waals surface area contributed by atoms with Gasteiger partial charge in [0.15, 0.2) is 12.6 Å². The van der Waals surface area contributed by atoms with Crippen LogP contribution >= 0.6 is 0 Å². The molecule has 0 saturated heterocycles. The Bertz CT molecular complexity index is 678. The van der Waals surface area contributed by atoms with Crippen LogP contribution in [0.4, 0.5) is 0 Å². The second-order valence-corrected chi connectivity index (χ2v) is 5.80. The maximum absolute atomic E-state index is 11.7. The zero-order valence-electron chi connectivity index (χ0n) is 13.9. The van der Waals surface area contributed by atoms with Gasteiger partial charge in [0, 0.05) is 0 Å². The molecule has 0 aliphatic rings. The zero-order valence-corrected chi connectivity index (χ0v) is 15.7. The minimum absolute atomic E-state index is 0. The normalized spacial score (nSPS) is 11.2. The Labute approximate surface area is 165 Å². The summed E-state index contributed by atoms with van der Waals surface area (Å²) in [6.45, 7) is -1.63. The van der Waals surface area contributed by atoms with Gasteiger partial charge in [-0.3, -0.25) is 4.55 Å². The monoisotopic (exact) mass is 390 g/mol. The molecule has 1 aromatic rings. The third-order valence-corrected chi connectivity index (χ3v) is 3.23. The van der Waals surface area contributed by atoms with E-state index in [0.717, 1.165) is 6.07 Å². The number of hydrogen-bond acceptors (Lipinski definition) is 10. The van der Waals surface area contributed by atoms with Gasteiger partial charge >= 0.3 is 41.5 Å². The van der Waals surface area contributed by atoms with E-state index in [0.29, 0.717) is 12.1 Å². The number of aliphatic hydroxyl groups excluding tert-OH is 2. The first-order valence-electron chi connectivity index (χ1n) is 6.20. The summed E-state index contributed by atoms with van der Waals surface area (Å²) in [6.07, 6.45) is -3.93. The van der Waals surface area contributed by atoms with Gasteiger partial charge in [-0.15, -0.1) is 0 Å². The van der Waals surface area contributed by atoms with E-state index >= 15 is 0 Å². The van der Waals surface area contributed by atoms with Gasteiger partial charge < -0.3 is 31.3 Å². The number of carbonyl (C=O) groups excluding carboxylic acids is 2. The molecule has 1 rings (SSSR count). The third-order valence-electron chi connectivity index (χ3n) is 2.40. The quantitative estimate of drug-likeness (QED) is 0.130. The molecule has 0 spiro atoms. The Morgan fingerprint density at radius 1 is 0.920 bits per heavy atom. The Kier molecular flexibility index (Phi) is 9.71. The van der Waals surface area contributed by atoms with Gasteiger partial charge in [0.25, 0.3) is 10.1 Å². The topological polar surface area (TPSA) is 188 Å². The van der Waals surface area contributed by atoms with Crippen molar-refractivity contribution in [2.45, 2.75) is 17.5 Å². The third kappa shape index (κ3) is 8.22. The van der Waals surface area contributed by atoms with Crippen LogP contribution < -0.4 is 29.6 Å². The Morgan fingerprint density at radius 2 is 1.28 bits per heavy atom. The maximum Gasteiger partial charge on any atom is 1.00 e. The largest absolute Gasteiger partial charge is 1.00 e. The smallest absolute Gasteiger partial charge is 1.00 e. The van der Waals surface area contributed by atoms with Crippen molar-refractivity contribution in [3.8, 4) is 0 Å². The van der Waals surface area contributed by atoms with E-state index < -0.39 is 63.9 Å². The summed E-state index contributed by atoms with van der Waals surface area (Å²) in [7, 11) is -4.79. The number of ether oxygens (including phenoxy) is 2. The molecular formula is C12H15NaO11S. The fourth-order valence-electron chi connectivity index (χ4n) is 1.45. The second kappa shape index (κ2) is 10.2.